The van der Waals surface area contributed by atoms with E-state index < -0.39 is 0 Å². The molecule has 94 valence electrons. The molecule has 0 aliphatic heterocycles. The number of benzene rings is 1. The molecule has 3 N–H and O–H groups in total. The van der Waals surface area contributed by atoms with Crippen LogP contribution in [-0.2, 0) is 11.2 Å². The van der Waals surface area contributed by atoms with Crippen LogP contribution < -0.4 is 11.1 Å². The highest BCUT2D eigenvalue weighted by Gasteiger charge is 2.09. The average molecular weight is 260 g/mol. The number of nitrogens with one attached hydrogen (secondary N) is 1. The summed E-state index contributed by atoms with van der Waals surface area (Å²) in [6.07, 6.45) is 0.929. The van der Waals surface area contributed by atoms with E-state index in [1.165, 1.54) is 18.1 Å². The molecule has 0 saturated heterocycles. The predicted molar refractivity (Wildman–Crippen MR) is 77.8 cm³/mol. The van der Waals surface area contributed by atoms with E-state index in [0.717, 1.165) is 22.7 Å². The summed E-state index contributed by atoms with van der Waals surface area (Å²) >= 11 is 1.57. The molecule has 2 aromatic rings. The average Bonchev–Trinajstić information content (AvgIpc) is 2.70. The van der Waals surface area contributed by atoms with Crippen molar-refractivity contribution in [1.29, 1.82) is 0 Å². The molecule has 2 rings (SSSR count). The van der Waals surface area contributed by atoms with Crippen molar-refractivity contribution in [2.24, 2.45) is 0 Å². The van der Waals surface area contributed by atoms with Crippen molar-refractivity contribution in [3.63, 3.8) is 0 Å². The van der Waals surface area contributed by atoms with Gasteiger partial charge in [-0.05, 0) is 35.2 Å². The van der Waals surface area contributed by atoms with Gasteiger partial charge in [0.15, 0.2) is 0 Å². The molecule has 0 aliphatic carbocycles. The molecule has 0 aliphatic rings. The maximum Gasteiger partial charge on any atom is 0.221 e. The Morgan fingerprint density at radius 3 is 2.56 bits per heavy atom. The van der Waals surface area contributed by atoms with Gasteiger partial charge in [-0.15, -0.1) is 11.3 Å². The van der Waals surface area contributed by atoms with Gasteiger partial charge in [0, 0.05) is 18.0 Å². The summed E-state index contributed by atoms with van der Waals surface area (Å²) in [6.45, 7) is 3.61. The summed E-state index contributed by atoms with van der Waals surface area (Å²) < 4.78 is 0. The van der Waals surface area contributed by atoms with Gasteiger partial charge >= 0.3 is 0 Å². The van der Waals surface area contributed by atoms with Gasteiger partial charge in [0.05, 0.1) is 5.00 Å². The number of carbonyl (C=O) groups is 1. The first-order valence-corrected chi connectivity index (χ1v) is 6.73. The van der Waals surface area contributed by atoms with Gasteiger partial charge in [0.25, 0.3) is 0 Å². The standard InChI is InChI=1S/C14H16N2OS/c1-3-12-13(8-18-14(12)15)10-4-6-11(7-5-10)16-9(2)17/h4-8H,3,15H2,1-2H3,(H,16,17). The Bertz CT molecular complexity index is 558. The number of amides is 1. The quantitative estimate of drug-likeness (QED) is 0.887. The van der Waals surface area contributed by atoms with Crippen LogP contribution in [0.1, 0.15) is 19.4 Å². The molecular formula is C14H16N2OS. The van der Waals surface area contributed by atoms with Crippen molar-refractivity contribution in [1.82, 2.24) is 0 Å². The zero-order chi connectivity index (χ0) is 13.1. The third kappa shape index (κ3) is 2.54. The zero-order valence-corrected chi connectivity index (χ0v) is 11.3. The molecular weight excluding hydrogens is 244 g/mol. The summed E-state index contributed by atoms with van der Waals surface area (Å²) in [4.78, 5) is 10.9. The van der Waals surface area contributed by atoms with Gasteiger partial charge in [-0.25, -0.2) is 0 Å². The zero-order valence-electron chi connectivity index (χ0n) is 10.5. The summed E-state index contributed by atoms with van der Waals surface area (Å²) in [5.74, 6) is -0.0585. The van der Waals surface area contributed by atoms with E-state index in [2.05, 4.69) is 17.6 Å². The Morgan fingerprint density at radius 1 is 1.33 bits per heavy atom. The van der Waals surface area contributed by atoms with Crippen molar-refractivity contribution >= 4 is 27.9 Å². The molecule has 0 unspecified atom stereocenters. The normalized spacial score (nSPS) is 10.3. The summed E-state index contributed by atoms with van der Waals surface area (Å²) in [6, 6.07) is 7.83. The van der Waals surface area contributed by atoms with E-state index in [-0.39, 0.29) is 5.91 Å². The van der Waals surface area contributed by atoms with Gasteiger partial charge in [0.1, 0.15) is 0 Å². The molecule has 0 spiro atoms. The summed E-state index contributed by atoms with van der Waals surface area (Å²) in [7, 11) is 0. The molecule has 4 heteroatoms. The predicted octanol–water partition coefficient (Wildman–Crippen LogP) is 3.52. The minimum absolute atomic E-state index is 0.0585. The monoisotopic (exact) mass is 260 g/mol. The molecule has 18 heavy (non-hydrogen) atoms. The van der Waals surface area contributed by atoms with Crippen LogP contribution >= 0.6 is 11.3 Å². The molecule has 0 bridgehead atoms. The van der Waals surface area contributed by atoms with Crippen molar-refractivity contribution in [2.45, 2.75) is 20.3 Å². The molecule has 1 aromatic carbocycles. The van der Waals surface area contributed by atoms with E-state index in [9.17, 15) is 4.79 Å². The highest BCUT2D eigenvalue weighted by molar-refractivity contribution is 7.14. The first-order chi connectivity index (χ1) is 8.61. The van der Waals surface area contributed by atoms with Gasteiger partial charge in [-0.1, -0.05) is 19.1 Å². The lowest BCUT2D eigenvalue weighted by Crippen LogP contribution is -2.05. The second-order valence-corrected chi connectivity index (χ2v) is 5.02. The number of thiophene rings is 1. The van der Waals surface area contributed by atoms with Crippen molar-refractivity contribution < 1.29 is 4.79 Å². The topological polar surface area (TPSA) is 55.1 Å². The number of anilines is 2. The SMILES string of the molecule is CCc1c(-c2ccc(NC(C)=O)cc2)csc1N. The maximum absolute atomic E-state index is 10.9. The molecule has 0 fully saturated rings. The molecule has 0 atom stereocenters. The smallest absolute Gasteiger partial charge is 0.221 e. The lowest BCUT2D eigenvalue weighted by Gasteiger charge is -2.06. The fourth-order valence-electron chi connectivity index (χ4n) is 1.94. The van der Waals surface area contributed by atoms with Gasteiger partial charge in [-0.3, -0.25) is 4.79 Å². The summed E-state index contributed by atoms with van der Waals surface area (Å²) in [5.41, 5.74) is 10.3. The molecule has 1 heterocycles. The Labute approximate surface area is 111 Å². The van der Waals surface area contributed by atoms with Crippen molar-refractivity contribution in [3.8, 4) is 11.1 Å². The van der Waals surface area contributed by atoms with Crippen molar-refractivity contribution in [3.05, 3.63) is 35.2 Å². The van der Waals surface area contributed by atoms with Gasteiger partial charge in [-0.2, -0.15) is 0 Å². The Hall–Kier alpha value is -1.81. The second-order valence-electron chi connectivity index (χ2n) is 4.10. The lowest BCUT2D eigenvalue weighted by atomic mass is 10.0. The van der Waals surface area contributed by atoms with Gasteiger partial charge < -0.3 is 11.1 Å². The highest BCUT2D eigenvalue weighted by atomic mass is 32.1. The van der Waals surface area contributed by atoms with Crippen LogP contribution in [0, 0.1) is 0 Å². The molecule has 3 nitrogen and oxygen atoms in total. The molecule has 0 saturated carbocycles. The number of rotatable bonds is 3. The first kappa shape index (κ1) is 12.6. The van der Waals surface area contributed by atoms with Gasteiger partial charge in [0.2, 0.25) is 5.91 Å². The van der Waals surface area contributed by atoms with Crippen LogP contribution in [0.3, 0.4) is 0 Å². The number of nitrogens with two attached hydrogens (primary N) is 1. The van der Waals surface area contributed by atoms with Crippen LogP contribution in [0.25, 0.3) is 11.1 Å². The minimum Gasteiger partial charge on any atom is -0.390 e. The number of hydrogen-bond acceptors (Lipinski definition) is 3. The lowest BCUT2D eigenvalue weighted by molar-refractivity contribution is -0.114. The second kappa shape index (κ2) is 5.23. The largest absolute Gasteiger partial charge is 0.390 e. The van der Waals surface area contributed by atoms with Crippen LogP contribution in [0.4, 0.5) is 10.7 Å². The van der Waals surface area contributed by atoms with Crippen molar-refractivity contribution in [2.75, 3.05) is 11.1 Å². The van der Waals surface area contributed by atoms with E-state index in [1.807, 2.05) is 24.3 Å². The van der Waals surface area contributed by atoms with Crippen LogP contribution in [-0.4, -0.2) is 5.91 Å². The van der Waals surface area contributed by atoms with E-state index in [0.29, 0.717) is 0 Å². The summed E-state index contributed by atoms with van der Waals surface area (Å²) in [5, 5.41) is 5.73. The fraction of sp³-hybridized carbons (Fsp3) is 0.214. The van der Waals surface area contributed by atoms with Crippen LogP contribution in [0.15, 0.2) is 29.6 Å². The Morgan fingerprint density at radius 2 is 2.00 bits per heavy atom. The number of nitrogen functional groups attached to an aromatic ring is 1. The number of carbonyl (C=O) groups excluding carboxylic acids is 1. The van der Waals surface area contributed by atoms with E-state index in [4.69, 9.17) is 5.73 Å². The first-order valence-electron chi connectivity index (χ1n) is 5.85. The van der Waals surface area contributed by atoms with Crippen LogP contribution in [0.5, 0.6) is 0 Å². The molecule has 1 aromatic heterocycles. The van der Waals surface area contributed by atoms with E-state index >= 15 is 0 Å². The molecule has 1 amide bonds. The third-order valence-corrected chi connectivity index (χ3v) is 3.65. The van der Waals surface area contributed by atoms with E-state index in [1.54, 1.807) is 11.3 Å². The Balaban J connectivity index is 2.31. The third-order valence-electron chi connectivity index (χ3n) is 2.80. The minimum atomic E-state index is -0.0585. The Kier molecular flexibility index (Phi) is 3.67. The highest BCUT2D eigenvalue weighted by Crippen LogP contribution is 2.34. The number of hydrogen-bond donors (Lipinski definition) is 2. The molecule has 0 radical (unpaired) electrons. The van der Waals surface area contributed by atoms with Crippen LogP contribution in [0.2, 0.25) is 0 Å². The maximum atomic E-state index is 10.9. The fourth-order valence-corrected chi connectivity index (χ4v) is 2.86.